The molecule has 1 amide bonds. The van der Waals surface area contributed by atoms with Gasteiger partial charge in [0.2, 0.25) is 0 Å². The van der Waals surface area contributed by atoms with Gasteiger partial charge >= 0.3 is 5.97 Å². The van der Waals surface area contributed by atoms with Crippen LogP contribution in [-0.4, -0.2) is 35.3 Å². The molecule has 0 atom stereocenters. The minimum Gasteiger partial charge on any atom is -0.493 e. The first kappa shape index (κ1) is 30.5. The number of aromatic carboxylic acids is 1. The number of carbonyl (C=O) groups excluding carboxylic acids is 1. The van der Waals surface area contributed by atoms with Crippen molar-refractivity contribution in [3.05, 3.63) is 123 Å². The van der Waals surface area contributed by atoms with Gasteiger partial charge in [0, 0.05) is 22.2 Å². The van der Waals surface area contributed by atoms with E-state index in [0.29, 0.717) is 27.1 Å². The Kier molecular flexibility index (Phi) is 9.68. The van der Waals surface area contributed by atoms with Gasteiger partial charge in [-0.15, -0.1) is 11.3 Å². The van der Waals surface area contributed by atoms with Crippen LogP contribution in [-0.2, 0) is 6.61 Å². The molecule has 222 valence electrons. The number of carbonyl (C=O) groups is 2. The molecule has 3 N–H and O–H groups in total. The molecule has 0 spiro atoms. The maximum absolute atomic E-state index is 12.7. The number of hydrogen-bond donors (Lipinski definition) is 3. The SMILES string of the molecule is COc1cc(/C=N\NC(=O)c2ccc(-c3csc(Nc4ccc(C)cc4)n3)cc2)cc(Br)c1OCc1ccc(C(=O)O)cc1. The molecule has 5 aromatic rings. The molecule has 0 aliphatic heterocycles. The van der Waals surface area contributed by atoms with Crippen LogP contribution >= 0.6 is 27.3 Å². The fraction of sp³-hybridized carbons (Fsp3) is 0.0909. The van der Waals surface area contributed by atoms with Crippen LogP contribution in [0.4, 0.5) is 10.8 Å². The summed E-state index contributed by atoms with van der Waals surface area (Å²) in [4.78, 5) is 28.4. The third kappa shape index (κ3) is 7.68. The molecule has 1 aromatic heterocycles. The van der Waals surface area contributed by atoms with Crippen LogP contribution in [0.2, 0.25) is 0 Å². The second kappa shape index (κ2) is 14.0. The zero-order chi connectivity index (χ0) is 31.1. The molecule has 4 aromatic carbocycles. The molecule has 0 bridgehead atoms. The summed E-state index contributed by atoms with van der Waals surface area (Å²) >= 11 is 5.02. The van der Waals surface area contributed by atoms with Gasteiger partial charge in [0.05, 0.1) is 29.1 Å². The molecule has 0 saturated heterocycles. The standard InChI is InChI=1S/C33H27BrN4O5S/c1-20-3-13-26(14-4-20)36-33-37-28(19-44-33)23-9-11-24(12-10-23)31(39)38-35-17-22-15-27(34)30(29(16-22)42-2)43-18-21-5-7-25(8-6-21)32(40)41/h3-17,19H,18H2,1-2H3,(H,36,37)(H,38,39)(H,40,41)/b35-17-. The van der Waals surface area contributed by atoms with E-state index >= 15 is 0 Å². The van der Waals surface area contributed by atoms with Crippen molar-refractivity contribution in [1.29, 1.82) is 0 Å². The van der Waals surface area contributed by atoms with E-state index in [9.17, 15) is 9.59 Å². The Balaban J connectivity index is 1.17. The van der Waals surface area contributed by atoms with Gasteiger partial charge in [0.1, 0.15) is 6.61 Å². The zero-order valence-corrected chi connectivity index (χ0v) is 26.1. The second-order valence-electron chi connectivity index (χ2n) is 9.63. The number of benzene rings is 4. The van der Waals surface area contributed by atoms with Gasteiger partial charge in [-0.2, -0.15) is 5.10 Å². The van der Waals surface area contributed by atoms with Gasteiger partial charge in [-0.25, -0.2) is 15.2 Å². The van der Waals surface area contributed by atoms with E-state index in [1.54, 1.807) is 36.4 Å². The molecule has 11 heteroatoms. The van der Waals surface area contributed by atoms with Crippen LogP contribution in [0, 0.1) is 6.92 Å². The van der Waals surface area contributed by atoms with E-state index in [1.807, 2.05) is 48.7 Å². The van der Waals surface area contributed by atoms with Crippen molar-refractivity contribution in [3.63, 3.8) is 0 Å². The number of rotatable bonds is 11. The number of aryl methyl sites for hydroxylation is 1. The quantitative estimate of drug-likeness (QED) is 0.0973. The monoisotopic (exact) mass is 670 g/mol. The van der Waals surface area contributed by atoms with Crippen LogP contribution in [0.5, 0.6) is 11.5 Å². The number of methoxy groups -OCH3 is 1. The van der Waals surface area contributed by atoms with Gasteiger partial charge < -0.3 is 19.9 Å². The van der Waals surface area contributed by atoms with Gasteiger partial charge in [-0.3, -0.25) is 4.79 Å². The molecular formula is C33H27BrN4O5S. The van der Waals surface area contributed by atoms with Crippen molar-refractivity contribution < 1.29 is 24.2 Å². The van der Waals surface area contributed by atoms with Crippen molar-refractivity contribution in [2.75, 3.05) is 12.4 Å². The van der Waals surface area contributed by atoms with Crippen LogP contribution in [0.25, 0.3) is 11.3 Å². The maximum Gasteiger partial charge on any atom is 0.335 e. The van der Waals surface area contributed by atoms with Crippen molar-refractivity contribution in [2.24, 2.45) is 5.10 Å². The first-order valence-corrected chi connectivity index (χ1v) is 15.0. The fourth-order valence-electron chi connectivity index (χ4n) is 4.10. The number of amides is 1. The number of hydrogen-bond acceptors (Lipinski definition) is 8. The lowest BCUT2D eigenvalue weighted by atomic mass is 10.1. The van der Waals surface area contributed by atoms with Gasteiger partial charge in [0.25, 0.3) is 5.91 Å². The van der Waals surface area contributed by atoms with Crippen molar-refractivity contribution in [2.45, 2.75) is 13.5 Å². The summed E-state index contributed by atoms with van der Waals surface area (Å²) in [7, 11) is 1.52. The topological polar surface area (TPSA) is 122 Å². The summed E-state index contributed by atoms with van der Waals surface area (Å²) in [5.74, 6) is -0.396. The first-order chi connectivity index (χ1) is 21.3. The summed E-state index contributed by atoms with van der Waals surface area (Å²) < 4.78 is 12.1. The Hall–Kier alpha value is -5.00. The van der Waals surface area contributed by atoms with Gasteiger partial charge in [0.15, 0.2) is 16.6 Å². The predicted octanol–water partition coefficient (Wildman–Crippen LogP) is 7.67. The summed E-state index contributed by atoms with van der Waals surface area (Å²) in [6.45, 7) is 2.26. The molecule has 0 saturated carbocycles. The van der Waals surface area contributed by atoms with Crippen LogP contribution in [0.15, 0.2) is 99.9 Å². The average molecular weight is 672 g/mol. The van der Waals surface area contributed by atoms with E-state index in [0.717, 1.165) is 27.6 Å². The van der Waals surface area contributed by atoms with Crippen LogP contribution in [0.3, 0.4) is 0 Å². The first-order valence-electron chi connectivity index (χ1n) is 13.3. The smallest absolute Gasteiger partial charge is 0.335 e. The number of ether oxygens (including phenoxy) is 2. The number of nitrogens with one attached hydrogen (secondary N) is 2. The summed E-state index contributed by atoms with van der Waals surface area (Å²) in [5, 5.41) is 19.2. The number of halogens is 1. The molecule has 0 aliphatic carbocycles. The average Bonchev–Trinajstić information content (AvgIpc) is 3.50. The van der Waals surface area contributed by atoms with Gasteiger partial charge in [-0.05, 0) is 82.5 Å². The van der Waals surface area contributed by atoms with Crippen molar-refractivity contribution in [3.8, 4) is 22.8 Å². The van der Waals surface area contributed by atoms with Crippen LogP contribution in [0.1, 0.15) is 37.4 Å². The van der Waals surface area contributed by atoms with E-state index in [4.69, 9.17) is 14.6 Å². The number of carboxylic acids is 1. The fourth-order valence-corrected chi connectivity index (χ4v) is 5.41. The molecule has 0 unspecified atom stereocenters. The normalized spacial score (nSPS) is 10.9. The number of nitrogens with zero attached hydrogens (tertiary/aromatic N) is 2. The van der Waals surface area contributed by atoms with E-state index in [2.05, 4.69) is 36.8 Å². The highest BCUT2D eigenvalue weighted by atomic mass is 79.9. The Morgan fingerprint density at radius 3 is 2.39 bits per heavy atom. The Bertz CT molecular complexity index is 1800. The number of anilines is 2. The highest BCUT2D eigenvalue weighted by molar-refractivity contribution is 9.10. The summed E-state index contributed by atoms with van der Waals surface area (Å²) in [6, 6.07) is 25.2. The largest absolute Gasteiger partial charge is 0.493 e. The summed E-state index contributed by atoms with van der Waals surface area (Å²) in [6.07, 6.45) is 1.51. The van der Waals surface area contributed by atoms with Crippen molar-refractivity contribution in [1.82, 2.24) is 10.4 Å². The lowest BCUT2D eigenvalue weighted by molar-refractivity contribution is 0.0696. The predicted molar refractivity (Wildman–Crippen MR) is 175 cm³/mol. The van der Waals surface area contributed by atoms with Crippen molar-refractivity contribution >= 4 is 56.2 Å². The van der Waals surface area contributed by atoms with E-state index in [1.165, 1.54) is 42.4 Å². The third-order valence-corrected chi connectivity index (χ3v) is 7.81. The lowest BCUT2D eigenvalue weighted by Crippen LogP contribution is -2.17. The molecule has 0 aliphatic rings. The molecule has 1 heterocycles. The zero-order valence-electron chi connectivity index (χ0n) is 23.7. The van der Waals surface area contributed by atoms with Gasteiger partial charge in [-0.1, -0.05) is 42.0 Å². The highest BCUT2D eigenvalue weighted by Gasteiger charge is 2.13. The molecular weight excluding hydrogens is 644 g/mol. The van der Waals surface area contributed by atoms with Crippen LogP contribution < -0.4 is 20.2 Å². The molecule has 5 rings (SSSR count). The number of carboxylic acid groups (broad SMARTS) is 1. The highest BCUT2D eigenvalue weighted by Crippen LogP contribution is 2.37. The Labute approximate surface area is 266 Å². The molecule has 44 heavy (non-hydrogen) atoms. The van der Waals surface area contributed by atoms with E-state index < -0.39 is 5.97 Å². The molecule has 0 fully saturated rings. The number of thiazole rings is 1. The third-order valence-electron chi connectivity index (χ3n) is 6.47. The maximum atomic E-state index is 12.7. The number of aromatic nitrogens is 1. The minimum absolute atomic E-state index is 0.206. The molecule has 0 radical (unpaired) electrons. The number of hydrazone groups is 1. The Morgan fingerprint density at radius 1 is 1.00 bits per heavy atom. The lowest BCUT2D eigenvalue weighted by Gasteiger charge is -2.13. The van der Waals surface area contributed by atoms with E-state index in [-0.39, 0.29) is 18.1 Å². The minimum atomic E-state index is -0.985. The Morgan fingerprint density at radius 2 is 1.70 bits per heavy atom. The molecule has 9 nitrogen and oxygen atoms in total. The second-order valence-corrected chi connectivity index (χ2v) is 11.3. The summed E-state index contributed by atoms with van der Waals surface area (Å²) in [5.41, 5.74) is 8.57.